The molecule has 0 radical (unpaired) electrons. The first-order valence-electron chi connectivity index (χ1n) is 2.96. The number of hydrogen-bond donors (Lipinski definition) is 4. The highest BCUT2D eigenvalue weighted by molar-refractivity contribution is 5.72. The van der Waals surface area contributed by atoms with Crippen molar-refractivity contribution >= 4 is 17.7 Å². The van der Waals surface area contributed by atoms with E-state index >= 15 is 0 Å². The van der Waals surface area contributed by atoms with Crippen molar-refractivity contribution in [1.82, 2.24) is 0 Å². The average molecular weight is 177 g/mol. The van der Waals surface area contributed by atoms with E-state index in [9.17, 15) is 4.79 Å². The fourth-order valence-electron chi connectivity index (χ4n) is 0. The van der Waals surface area contributed by atoms with Crippen molar-refractivity contribution < 1.29 is 14.7 Å². The van der Waals surface area contributed by atoms with Crippen LogP contribution in [0.15, 0.2) is 0 Å². The summed E-state index contributed by atoms with van der Waals surface area (Å²) < 4.78 is 0. The first-order valence-corrected chi connectivity index (χ1v) is 2.96. The van der Waals surface area contributed by atoms with Gasteiger partial charge in [0.2, 0.25) is 0 Å². The van der Waals surface area contributed by atoms with Gasteiger partial charge in [0.15, 0.2) is 5.96 Å². The van der Waals surface area contributed by atoms with E-state index in [4.69, 9.17) is 15.3 Å². The number of Topliss-reactive ketones (excluding diaryl/α,β-unsaturated/α-hetero) is 1. The van der Waals surface area contributed by atoms with Gasteiger partial charge in [-0.15, -0.1) is 0 Å². The molecule has 0 atom stereocenters. The molecule has 0 saturated carbocycles. The highest BCUT2D eigenvalue weighted by Crippen LogP contribution is 1.50. The van der Waals surface area contributed by atoms with Crippen molar-refractivity contribution in [2.24, 2.45) is 11.5 Å². The summed E-state index contributed by atoms with van der Waals surface area (Å²) in [5.74, 6) is -1.000. The van der Waals surface area contributed by atoms with Gasteiger partial charge in [-0.1, -0.05) is 0 Å². The van der Waals surface area contributed by atoms with Crippen molar-refractivity contribution in [1.29, 1.82) is 5.41 Å². The maximum absolute atomic E-state index is 9.44. The molecule has 0 aromatic rings. The molecule has 0 amide bonds. The highest BCUT2D eigenvalue weighted by Gasteiger charge is 1.65. The molecule has 6 heteroatoms. The lowest BCUT2D eigenvalue weighted by atomic mass is 10.6. The molecule has 0 aliphatic heterocycles. The van der Waals surface area contributed by atoms with E-state index in [-0.39, 0.29) is 11.7 Å². The van der Waals surface area contributed by atoms with E-state index in [1.807, 2.05) is 0 Å². The monoisotopic (exact) mass is 177 g/mol. The number of guanidine groups is 1. The van der Waals surface area contributed by atoms with Gasteiger partial charge in [-0.3, -0.25) is 10.2 Å². The van der Waals surface area contributed by atoms with Gasteiger partial charge in [0.05, 0.1) is 0 Å². The number of carboxylic acid groups (broad SMARTS) is 1. The van der Waals surface area contributed by atoms with Crippen molar-refractivity contribution in [2.45, 2.75) is 20.8 Å². The summed E-state index contributed by atoms with van der Waals surface area (Å²) in [7, 11) is 0. The Labute approximate surface area is 71.1 Å². The Balaban J connectivity index is -0.000000101. The number of carbonyl (C=O) groups excluding carboxylic acids is 1. The molecule has 0 saturated heterocycles. The van der Waals surface area contributed by atoms with E-state index < -0.39 is 5.97 Å². The summed E-state index contributed by atoms with van der Waals surface area (Å²) in [5, 5.41) is 13.5. The smallest absolute Gasteiger partial charge is 0.300 e. The van der Waals surface area contributed by atoms with Crippen molar-refractivity contribution in [3.8, 4) is 0 Å². The Kier molecular flexibility index (Phi) is 17.0. The fraction of sp³-hybridized carbons (Fsp3) is 0.500. The molecule has 0 fully saturated rings. The predicted molar refractivity (Wildman–Crippen MR) is 45.8 cm³/mol. The van der Waals surface area contributed by atoms with Crippen LogP contribution in [0.25, 0.3) is 0 Å². The lowest BCUT2D eigenvalue weighted by Crippen LogP contribution is -2.20. The summed E-state index contributed by atoms with van der Waals surface area (Å²) in [4.78, 5) is 18.4. The number of aliphatic carboxylic acids is 1. The molecule has 0 aromatic carbocycles. The minimum Gasteiger partial charge on any atom is -0.481 e. The second-order valence-electron chi connectivity index (χ2n) is 1.88. The molecule has 0 unspecified atom stereocenters. The van der Waals surface area contributed by atoms with Gasteiger partial charge in [-0.25, -0.2) is 0 Å². The van der Waals surface area contributed by atoms with E-state index in [2.05, 4.69) is 11.5 Å². The Morgan fingerprint density at radius 1 is 1.17 bits per heavy atom. The van der Waals surface area contributed by atoms with Crippen molar-refractivity contribution in [2.75, 3.05) is 0 Å². The van der Waals surface area contributed by atoms with Crippen molar-refractivity contribution in [3.05, 3.63) is 0 Å². The van der Waals surface area contributed by atoms with Crippen molar-refractivity contribution in [3.63, 3.8) is 0 Å². The number of carbonyl (C=O) groups is 2. The topological polar surface area (TPSA) is 130 Å². The third kappa shape index (κ3) is 183. The zero-order chi connectivity index (χ0) is 10.7. The van der Waals surface area contributed by atoms with E-state index in [0.717, 1.165) is 6.92 Å². The second kappa shape index (κ2) is 12.1. The third-order valence-electron chi connectivity index (χ3n) is 0. The first kappa shape index (κ1) is 16.8. The van der Waals surface area contributed by atoms with Crippen LogP contribution in [0, 0.1) is 5.41 Å². The molecular formula is C6H15N3O3. The van der Waals surface area contributed by atoms with Gasteiger partial charge < -0.3 is 21.4 Å². The number of ketones is 1. The van der Waals surface area contributed by atoms with Crippen LogP contribution in [0.5, 0.6) is 0 Å². The summed E-state index contributed by atoms with van der Waals surface area (Å²) in [5.41, 5.74) is 8.94. The number of nitrogens with two attached hydrogens (primary N) is 2. The molecule has 0 rings (SSSR count). The number of carboxylic acids is 1. The molecular weight excluding hydrogens is 162 g/mol. The molecule has 0 aromatic heterocycles. The summed E-state index contributed by atoms with van der Waals surface area (Å²) in [6.07, 6.45) is 0. The van der Waals surface area contributed by atoms with Crippen LogP contribution in [0.3, 0.4) is 0 Å². The standard InChI is InChI=1S/C3H6O.C2H4O2.CH5N3/c1-3(2)4;1-2(3)4;2-1(3)4/h1-2H3;1H3,(H,3,4);(H5,2,3,4). The maximum Gasteiger partial charge on any atom is 0.300 e. The summed E-state index contributed by atoms with van der Waals surface area (Å²) in [6.45, 7) is 4.14. The Morgan fingerprint density at radius 3 is 1.17 bits per heavy atom. The van der Waals surface area contributed by atoms with Crippen LogP contribution in [0.4, 0.5) is 0 Å². The molecule has 72 valence electrons. The van der Waals surface area contributed by atoms with Crippen LogP contribution < -0.4 is 11.5 Å². The zero-order valence-electron chi connectivity index (χ0n) is 7.42. The van der Waals surface area contributed by atoms with Gasteiger partial charge in [-0.05, 0) is 13.8 Å². The number of hydrogen-bond acceptors (Lipinski definition) is 3. The van der Waals surface area contributed by atoms with Crippen LogP contribution in [-0.2, 0) is 9.59 Å². The van der Waals surface area contributed by atoms with Crippen LogP contribution >= 0.6 is 0 Å². The SMILES string of the molecule is CC(=O)O.CC(C)=O.N=C(N)N. The van der Waals surface area contributed by atoms with Gasteiger partial charge in [0.1, 0.15) is 5.78 Å². The van der Waals surface area contributed by atoms with E-state index in [1.165, 1.54) is 13.8 Å². The van der Waals surface area contributed by atoms with Gasteiger partial charge in [0, 0.05) is 6.92 Å². The Bertz CT molecular complexity index is 116. The maximum atomic E-state index is 9.44. The molecule has 0 aliphatic rings. The molecule has 0 spiro atoms. The van der Waals surface area contributed by atoms with Gasteiger partial charge in [0.25, 0.3) is 5.97 Å². The van der Waals surface area contributed by atoms with Gasteiger partial charge in [-0.2, -0.15) is 0 Å². The quantitative estimate of drug-likeness (QED) is 0.293. The number of nitrogens with one attached hydrogen (secondary N) is 1. The molecule has 6 nitrogen and oxygen atoms in total. The predicted octanol–water partition coefficient (Wildman–Crippen LogP) is -0.475. The van der Waals surface area contributed by atoms with E-state index in [0.29, 0.717) is 0 Å². The molecule has 0 heterocycles. The van der Waals surface area contributed by atoms with Crippen LogP contribution in [0.2, 0.25) is 0 Å². The number of rotatable bonds is 0. The first-order chi connectivity index (χ1) is 5.20. The van der Waals surface area contributed by atoms with Crippen LogP contribution in [0.1, 0.15) is 20.8 Å². The minimum atomic E-state index is -0.833. The highest BCUT2D eigenvalue weighted by atomic mass is 16.4. The molecule has 0 bridgehead atoms. The molecule has 0 aliphatic carbocycles. The normalized spacial score (nSPS) is 6.25. The third-order valence-corrected chi connectivity index (χ3v) is 0. The van der Waals surface area contributed by atoms with Crippen LogP contribution in [-0.4, -0.2) is 22.8 Å². The minimum absolute atomic E-state index is 0.167. The zero-order valence-corrected chi connectivity index (χ0v) is 7.42. The summed E-state index contributed by atoms with van der Waals surface area (Å²) >= 11 is 0. The fourth-order valence-corrected chi connectivity index (χ4v) is 0. The Hall–Kier alpha value is -1.59. The Morgan fingerprint density at radius 2 is 1.17 bits per heavy atom. The molecule has 6 N–H and O–H groups in total. The molecule has 12 heavy (non-hydrogen) atoms. The lowest BCUT2D eigenvalue weighted by Gasteiger charge is -1.69. The van der Waals surface area contributed by atoms with Gasteiger partial charge >= 0.3 is 0 Å². The average Bonchev–Trinajstić information content (AvgIpc) is 1.54. The largest absolute Gasteiger partial charge is 0.481 e. The van der Waals surface area contributed by atoms with E-state index in [1.54, 1.807) is 0 Å². The lowest BCUT2D eigenvalue weighted by molar-refractivity contribution is -0.134. The summed E-state index contributed by atoms with van der Waals surface area (Å²) in [6, 6.07) is 0. The second-order valence-corrected chi connectivity index (χ2v) is 1.88.